The Morgan fingerprint density at radius 2 is 1.75 bits per heavy atom. The number of nitrogens with zero attached hydrogens (tertiary/aromatic N) is 1. The molecule has 2 rings (SSSR count). The summed E-state index contributed by atoms with van der Waals surface area (Å²) in [6, 6.07) is 1.59. The van der Waals surface area contributed by atoms with E-state index in [9.17, 15) is 14.8 Å². The molecule has 0 spiro atoms. The number of ether oxygens (including phenoxy) is 2. The SMILES string of the molecule is CCCCC/C(=N\O)c1cc(OC)c2c(c1OC)C(=O)C=CC2=O. The Hall–Kier alpha value is -2.63. The molecule has 0 radical (unpaired) electrons. The Labute approximate surface area is 140 Å². The summed E-state index contributed by atoms with van der Waals surface area (Å²) in [5, 5.41) is 12.8. The maximum atomic E-state index is 12.3. The van der Waals surface area contributed by atoms with Gasteiger partial charge in [-0.2, -0.15) is 0 Å². The summed E-state index contributed by atoms with van der Waals surface area (Å²) < 4.78 is 10.7. The first-order valence-corrected chi connectivity index (χ1v) is 7.86. The van der Waals surface area contributed by atoms with Gasteiger partial charge in [0.25, 0.3) is 0 Å². The Balaban J connectivity index is 2.64. The second-order valence-electron chi connectivity index (χ2n) is 5.48. The van der Waals surface area contributed by atoms with E-state index in [-0.39, 0.29) is 34.2 Å². The molecule has 24 heavy (non-hydrogen) atoms. The molecule has 6 heteroatoms. The number of rotatable bonds is 7. The highest BCUT2D eigenvalue weighted by molar-refractivity contribution is 6.25. The Bertz CT molecular complexity index is 719. The van der Waals surface area contributed by atoms with Crippen molar-refractivity contribution in [3.05, 3.63) is 34.9 Å². The molecule has 1 aliphatic carbocycles. The van der Waals surface area contributed by atoms with E-state index in [0.29, 0.717) is 17.7 Å². The lowest BCUT2D eigenvalue weighted by molar-refractivity contribution is 0.0989. The zero-order valence-electron chi connectivity index (χ0n) is 14.1. The van der Waals surface area contributed by atoms with Gasteiger partial charge in [0, 0.05) is 5.56 Å². The third kappa shape index (κ3) is 3.18. The summed E-state index contributed by atoms with van der Waals surface area (Å²) in [6.45, 7) is 2.08. The maximum absolute atomic E-state index is 12.3. The number of ketones is 2. The summed E-state index contributed by atoms with van der Waals surface area (Å²) in [5.41, 5.74) is 1.19. The first-order chi connectivity index (χ1) is 11.6. The highest BCUT2D eigenvalue weighted by atomic mass is 16.5. The van der Waals surface area contributed by atoms with Crippen LogP contribution in [0.5, 0.6) is 11.5 Å². The molecule has 0 aromatic heterocycles. The van der Waals surface area contributed by atoms with Crippen molar-refractivity contribution in [3.63, 3.8) is 0 Å². The van der Waals surface area contributed by atoms with E-state index in [1.54, 1.807) is 6.07 Å². The molecule has 6 nitrogen and oxygen atoms in total. The van der Waals surface area contributed by atoms with Crippen molar-refractivity contribution in [1.29, 1.82) is 0 Å². The molecule has 0 amide bonds. The van der Waals surface area contributed by atoms with Crippen LogP contribution in [0.2, 0.25) is 0 Å². The molecule has 0 saturated heterocycles. The third-order valence-electron chi connectivity index (χ3n) is 4.00. The van der Waals surface area contributed by atoms with Gasteiger partial charge >= 0.3 is 0 Å². The number of methoxy groups -OCH3 is 2. The Kier molecular flexibility index (Phi) is 5.73. The molecule has 0 atom stereocenters. The van der Waals surface area contributed by atoms with E-state index in [1.807, 2.05) is 0 Å². The van der Waals surface area contributed by atoms with Crippen molar-refractivity contribution >= 4 is 17.3 Å². The molecule has 128 valence electrons. The topological polar surface area (TPSA) is 85.2 Å². The van der Waals surface area contributed by atoms with E-state index in [2.05, 4.69) is 12.1 Å². The Morgan fingerprint density at radius 3 is 2.29 bits per heavy atom. The minimum Gasteiger partial charge on any atom is -0.496 e. The van der Waals surface area contributed by atoms with Gasteiger partial charge in [0.2, 0.25) is 0 Å². The number of hydrogen-bond donors (Lipinski definition) is 1. The van der Waals surface area contributed by atoms with Crippen LogP contribution in [0.3, 0.4) is 0 Å². The van der Waals surface area contributed by atoms with Crippen molar-refractivity contribution in [2.24, 2.45) is 5.16 Å². The molecule has 1 aromatic rings. The molecule has 1 aromatic carbocycles. The van der Waals surface area contributed by atoms with Gasteiger partial charge in [0.15, 0.2) is 11.6 Å². The smallest absolute Gasteiger partial charge is 0.190 e. The van der Waals surface area contributed by atoms with Crippen molar-refractivity contribution in [1.82, 2.24) is 0 Å². The minimum absolute atomic E-state index is 0.149. The van der Waals surface area contributed by atoms with Gasteiger partial charge in [-0.15, -0.1) is 0 Å². The predicted molar refractivity (Wildman–Crippen MR) is 89.8 cm³/mol. The number of carbonyl (C=O) groups is 2. The highest BCUT2D eigenvalue weighted by Gasteiger charge is 2.31. The van der Waals surface area contributed by atoms with Crippen LogP contribution >= 0.6 is 0 Å². The van der Waals surface area contributed by atoms with E-state index in [1.165, 1.54) is 26.4 Å². The van der Waals surface area contributed by atoms with Crippen LogP contribution in [0.25, 0.3) is 0 Å². The molecule has 0 heterocycles. The molecule has 0 aliphatic heterocycles. The number of carbonyl (C=O) groups excluding carboxylic acids is 2. The highest BCUT2D eigenvalue weighted by Crippen LogP contribution is 2.38. The molecule has 0 saturated carbocycles. The van der Waals surface area contributed by atoms with Gasteiger partial charge in [0.05, 0.1) is 31.1 Å². The van der Waals surface area contributed by atoms with Crippen LogP contribution in [0, 0.1) is 0 Å². The first-order valence-electron chi connectivity index (χ1n) is 7.86. The van der Waals surface area contributed by atoms with E-state index < -0.39 is 0 Å². The van der Waals surface area contributed by atoms with Gasteiger partial charge < -0.3 is 14.7 Å². The van der Waals surface area contributed by atoms with Gasteiger partial charge in [0.1, 0.15) is 11.5 Å². The second kappa shape index (κ2) is 7.77. The molecular weight excluding hydrogens is 310 g/mol. The lowest BCUT2D eigenvalue weighted by Crippen LogP contribution is -2.17. The molecule has 1 aliphatic rings. The lowest BCUT2D eigenvalue weighted by atomic mass is 9.88. The molecule has 1 N–H and O–H groups in total. The summed E-state index contributed by atoms with van der Waals surface area (Å²) in [5.74, 6) is -0.162. The predicted octanol–water partition coefficient (Wildman–Crippen LogP) is 3.40. The number of oxime groups is 1. The minimum atomic E-state index is -0.340. The van der Waals surface area contributed by atoms with Crippen molar-refractivity contribution < 1.29 is 24.3 Å². The fourth-order valence-electron chi connectivity index (χ4n) is 2.81. The molecular formula is C18H21NO5. The Morgan fingerprint density at radius 1 is 1.08 bits per heavy atom. The van der Waals surface area contributed by atoms with Crippen LogP contribution in [-0.2, 0) is 0 Å². The quantitative estimate of drug-likeness (QED) is 0.358. The standard InChI is InChI=1S/C18H21NO5/c1-4-5-6-7-12(19-22)11-10-15(23-2)16-13(20)8-9-14(21)17(16)18(11)24-3/h8-10,22H,4-7H2,1-3H3/b19-12+. The summed E-state index contributed by atoms with van der Waals surface area (Å²) in [7, 11) is 2.84. The fraction of sp³-hybridized carbons (Fsp3) is 0.389. The van der Waals surface area contributed by atoms with Crippen LogP contribution in [0.1, 0.15) is 58.9 Å². The monoisotopic (exact) mass is 331 g/mol. The van der Waals surface area contributed by atoms with Gasteiger partial charge in [-0.3, -0.25) is 9.59 Å². The molecule has 0 bridgehead atoms. The molecule has 0 unspecified atom stereocenters. The third-order valence-corrected chi connectivity index (χ3v) is 4.00. The van der Waals surface area contributed by atoms with Crippen molar-refractivity contribution in [3.8, 4) is 11.5 Å². The average molecular weight is 331 g/mol. The summed E-state index contributed by atoms with van der Waals surface area (Å²) >= 11 is 0. The number of hydrogen-bond acceptors (Lipinski definition) is 6. The second-order valence-corrected chi connectivity index (χ2v) is 5.48. The summed E-state index contributed by atoms with van der Waals surface area (Å²) in [6.07, 6.45) is 5.81. The van der Waals surface area contributed by atoms with E-state index in [0.717, 1.165) is 19.3 Å². The van der Waals surface area contributed by atoms with Crippen LogP contribution in [0.4, 0.5) is 0 Å². The lowest BCUT2D eigenvalue weighted by Gasteiger charge is -2.20. The number of fused-ring (bicyclic) bond motifs is 1. The van der Waals surface area contributed by atoms with Gasteiger partial charge in [-0.05, 0) is 31.1 Å². The van der Waals surface area contributed by atoms with Gasteiger partial charge in [-0.1, -0.05) is 24.9 Å². The van der Waals surface area contributed by atoms with Crippen LogP contribution < -0.4 is 9.47 Å². The van der Waals surface area contributed by atoms with E-state index >= 15 is 0 Å². The maximum Gasteiger partial charge on any atom is 0.190 e. The van der Waals surface area contributed by atoms with Crippen LogP contribution in [-0.4, -0.2) is 36.7 Å². The summed E-state index contributed by atoms with van der Waals surface area (Å²) in [4.78, 5) is 24.5. The fourth-order valence-corrected chi connectivity index (χ4v) is 2.81. The zero-order valence-corrected chi connectivity index (χ0v) is 14.1. The number of benzene rings is 1. The average Bonchev–Trinajstić information content (AvgIpc) is 2.60. The van der Waals surface area contributed by atoms with Crippen molar-refractivity contribution in [2.45, 2.75) is 32.6 Å². The van der Waals surface area contributed by atoms with Crippen LogP contribution in [0.15, 0.2) is 23.4 Å². The van der Waals surface area contributed by atoms with Gasteiger partial charge in [-0.25, -0.2) is 0 Å². The normalized spacial score (nSPS) is 13.9. The zero-order chi connectivity index (χ0) is 17.7. The number of allylic oxidation sites excluding steroid dienone is 2. The van der Waals surface area contributed by atoms with E-state index in [4.69, 9.17) is 9.47 Å². The number of unbranched alkanes of at least 4 members (excludes halogenated alkanes) is 2. The van der Waals surface area contributed by atoms with Crippen molar-refractivity contribution in [2.75, 3.05) is 14.2 Å². The largest absolute Gasteiger partial charge is 0.496 e. The first kappa shape index (κ1) is 17.7. The molecule has 0 fully saturated rings.